The predicted octanol–water partition coefficient (Wildman–Crippen LogP) is 0.0806. The van der Waals surface area contributed by atoms with Crippen LogP contribution in [-0.2, 0) is 0 Å². The van der Waals surface area contributed by atoms with Gasteiger partial charge >= 0.3 is 0 Å². The minimum absolute atomic E-state index is 0.0498. The number of rotatable bonds is 3. The number of hydrogen-bond donors (Lipinski definition) is 0. The average molecular weight is 240 g/mol. The Balaban J connectivity index is 2.70. The molecule has 4 nitrogen and oxygen atoms in total. The zero-order valence-electron chi connectivity index (χ0n) is 9.25. The molecule has 0 saturated carbocycles. The van der Waals surface area contributed by atoms with E-state index in [9.17, 15) is 19.8 Å². The van der Waals surface area contributed by atoms with Crippen molar-refractivity contribution in [3.8, 4) is 11.1 Å². The van der Waals surface area contributed by atoms with Crippen molar-refractivity contribution < 1.29 is 19.8 Å². The molecule has 18 heavy (non-hydrogen) atoms. The van der Waals surface area contributed by atoms with Crippen molar-refractivity contribution in [2.24, 2.45) is 0 Å². The molecule has 0 N–H and O–H groups in total. The van der Waals surface area contributed by atoms with E-state index in [1.165, 1.54) is 24.3 Å². The van der Waals surface area contributed by atoms with Gasteiger partial charge in [0, 0.05) is 11.1 Å². The normalized spacial score (nSPS) is 10.0. The fourth-order valence-electron chi connectivity index (χ4n) is 1.79. The molecular weight excluding hydrogens is 232 g/mol. The van der Waals surface area contributed by atoms with Gasteiger partial charge < -0.3 is 19.8 Å². The van der Waals surface area contributed by atoms with Gasteiger partial charge in [0.2, 0.25) is 0 Å². The summed E-state index contributed by atoms with van der Waals surface area (Å²) in [6.07, 6.45) is 0. The lowest BCUT2D eigenvalue weighted by Gasteiger charge is -2.14. The molecule has 0 heterocycles. The molecule has 0 aromatic heterocycles. The highest BCUT2D eigenvalue weighted by Crippen LogP contribution is 2.26. The molecule has 2 aromatic rings. The van der Waals surface area contributed by atoms with Crippen molar-refractivity contribution in [3.05, 3.63) is 59.7 Å². The Morgan fingerprint density at radius 2 is 1.00 bits per heavy atom. The van der Waals surface area contributed by atoms with E-state index in [4.69, 9.17) is 0 Å². The van der Waals surface area contributed by atoms with Crippen molar-refractivity contribution >= 4 is 11.9 Å². The first-order chi connectivity index (χ1) is 8.61. The van der Waals surface area contributed by atoms with E-state index in [-0.39, 0.29) is 11.1 Å². The van der Waals surface area contributed by atoms with Crippen LogP contribution in [0, 0.1) is 0 Å². The van der Waals surface area contributed by atoms with E-state index >= 15 is 0 Å². The van der Waals surface area contributed by atoms with Crippen LogP contribution in [0.15, 0.2) is 48.5 Å². The van der Waals surface area contributed by atoms with Crippen LogP contribution in [0.1, 0.15) is 20.7 Å². The van der Waals surface area contributed by atoms with Gasteiger partial charge in [-0.25, -0.2) is 0 Å². The number of carboxylic acids is 2. The molecule has 90 valence electrons. The maximum atomic E-state index is 11.0. The molecular formula is C14H8O4-2. The Morgan fingerprint density at radius 3 is 1.33 bits per heavy atom. The largest absolute Gasteiger partial charge is 0.545 e. The molecule has 0 aliphatic heterocycles. The number of benzene rings is 2. The molecule has 0 saturated heterocycles. The van der Waals surface area contributed by atoms with Crippen LogP contribution < -0.4 is 10.2 Å². The maximum Gasteiger partial charge on any atom is 0.0721 e. The molecule has 0 amide bonds. The average Bonchev–Trinajstić information content (AvgIpc) is 2.38. The number of hydrogen-bond acceptors (Lipinski definition) is 4. The Morgan fingerprint density at radius 1 is 0.667 bits per heavy atom. The lowest BCUT2D eigenvalue weighted by atomic mass is 9.95. The quantitative estimate of drug-likeness (QED) is 0.761. The van der Waals surface area contributed by atoms with Gasteiger partial charge in [-0.05, 0) is 11.1 Å². The van der Waals surface area contributed by atoms with Crippen molar-refractivity contribution in [2.75, 3.05) is 0 Å². The zero-order valence-corrected chi connectivity index (χ0v) is 9.25. The lowest BCUT2D eigenvalue weighted by molar-refractivity contribution is -0.256. The molecule has 0 spiro atoms. The Kier molecular flexibility index (Phi) is 3.10. The molecule has 0 bridgehead atoms. The third kappa shape index (κ3) is 2.08. The molecule has 0 radical (unpaired) electrons. The van der Waals surface area contributed by atoms with Gasteiger partial charge in [0.1, 0.15) is 0 Å². The Hall–Kier alpha value is -2.62. The number of carbonyl (C=O) groups is 2. The van der Waals surface area contributed by atoms with Crippen molar-refractivity contribution in [3.63, 3.8) is 0 Å². The van der Waals surface area contributed by atoms with Crippen molar-refractivity contribution in [2.45, 2.75) is 0 Å². The van der Waals surface area contributed by atoms with Crippen LogP contribution >= 0.6 is 0 Å². The number of aromatic carboxylic acids is 2. The van der Waals surface area contributed by atoms with Crippen molar-refractivity contribution in [1.82, 2.24) is 0 Å². The highest BCUT2D eigenvalue weighted by molar-refractivity contribution is 6.00. The molecule has 0 aliphatic carbocycles. The van der Waals surface area contributed by atoms with Crippen molar-refractivity contribution in [1.29, 1.82) is 0 Å². The summed E-state index contributed by atoms with van der Waals surface area (Å²) in [6.45, 7) is 0. The SMILES string of the molecule is O=C([O-])c1ccccc1-c1ccccc1C(=O)[O-]. The number of carboxylic acid groups (broad SMARTS) is 2. The summed E-state index contributed by atoms with van der Waals surface area (Å²) in [5, 5.41) is 22.0. The summed E-state index contributed by atoms with van der Waals surface area (Å²) < 4.78 is 0. The van der Waals surface area contributed by atoms with Gasteiger partial charge in [-0.3, -0.25) is 0 Å². The summed E-state index contributed by atoms with van der Waals surface area (Å²) in [6, 6.07) is 12.2. The van der Waals surface area contributed by atoms with Gasteiger partial charge in [0.15, 0.2) is 0 Å². The topological polar surface area (TPSA) is 80.3 Å². The highest BCUT2D eigenvalue weighted by atomic mass is 16.4. The Labute approximate surface area is 103 Å². The first-order valence-electron chi connectivity index (χ1n) is 5.22. The molecule has 2 rings (SSSR count). The second-order valence-corrected chi connectivity index (χ2v) is 3.67. The van der Waals surface area contributed by atoms with Gasteiger partial charge in [-0.2, -0.15) is 0 Å². The fourth-order valence-corrected chi connectivity index (χ4v) is 1.79. The first-order valence-corrected chi connectivity index (χ1v) is 5.22. The first kappa shape index (κ1) is 11.9. The number of carbonyl (C=O) groups excluding carboxylic acids is 2. The standard InChI is InChI=1S/C14H10O4/c15-13(16)11-7-3-1-5-9(11)10-6-2-4-8-12(10)14(17)18/h1-8H,(H,15,16)(H,17,18)/p-2. The van der Waals surface area contributed by atoms with Gasteiger partial charge in [-0.1, -0.05) is 48.5 Å². The third-order valence-corrected chi connectivity index (χ3v) is 2.58. The maximum absolute atomic E-state index is 11.0. The van der Waals surface area contributed by atoms with Crippen LogP contribution in [0.4, 0.5) is 0 Å². The summed E-state index contributed by atoms with van der Waals surface area (Å²) in [5.74, 6) is -2.70. The minimum atomic E-state index is -1.35. The second-order valence-electron chi connectivity index (χ2n) is 3.67. The summed E-state index contributed by atoms with van der Waals surface area (Å²) in [7, 11) is 0. The summed E-state index contributed by atoms with van der Waals surface area (Å²) in [5.41, 5.74) is 0.506. The lowest BCUT2D eigenvalue weighted by Crippen LogP contribution is -2.25. The van der Waals surface area contributed by atoms with Crippen LogP contribution in [0.25, 0.3) is 11.1 Å². The summed E-state index contributed by atoms with van der Waals surface area (Å²) in [4.78, 5) is 22.0. The monoisotopic (exact) mass is 240 g/mol. The van der Waals surface area contributed by atoms with E-state index in [2.05, 4.69) is 0 Å². The molecule has 0 unspecified atom stereocenters. The van der Waals surface area contributed by atoms with E-state index in [0.717, 1.165) is 0 Å². The molecule has 0 atom stereocenters. The minimum Gasteiger partial charge on any atom is -0.545 e. The molecule has 0 aliphatic rings. The van der Waals surface area contributed by atoms with Crippen LogP contribution in [0.3, 0.4) is 0 Å². The third-order valence-electron chi connectivity index (χ3n) is 2.58. The fraction of sp³-hybridized carbons (Fsp3) is 0. The predicted molar refractivity (Wildman–Crippen MR) is 60.5 cm³/mol. The van der Waals surface area contributed by atoms with Crippen LogP contribution in [-0.4, -0.2) is 11.9 Å². The van der Waals surface area contributed by atoms with Gasteiger partial charge in [-0.15, -0.1) is 0 Å². The van der Waals surface area contributed by atoms with Gasteiger partial charge in [0.25, 0.3) is 0 Å². The second kappa shape index (κ2) is 4.71. The molecule has 2 aromatic carbocycles. The van der Waals surface area contributed by atoms with E-state index in [0.29, 0.717) is 11.1 Å². The van der Waals surface area contributed by atoms with Crippen LogP contribution in [0.5, 0.6) is 0 Å². The van der Waals surface area contributed by atoms with E-state index in [1.807, 2.05) is 0 Å². The zero-order chi connectivity index (χ0) is 13.1. The van der Waals surface area contributed by atoms with E-state index in [1.54, 1.807) is 24.3 Å². The highest BCUT2D eigenvalue weighted by Gasteiger charge is 2.09. The van der Waals surface area contributed by atoms with E-state index < -0.39 is 11.9 Å². The summed E-state index contributed by atoms with van der Waals surface area (Å²) >= 11 is 0. The van der Waals surface area contributed by atoms with Gasteiger partial charge in [0.05, 0.1) is 11.9 Å². The smallest absolute Gasteiger partial charge is 0.0721 e. The molecule has 0 fully saturated rings. The van der Waals surface area contributed by atoms with Crippen LogP contribution in [0.2, 0.25) is 0 Å². The molecule has 4 heteroatoms. The Bertz CT molecular complexity index is 561.